The lowest BCUT2D eigenvalue weighted by Gasteiger charge is -2.30. The largest absolute Gasteiger partial charge is 0.455 e. The molecule has 0 N–H and O–H groups in total. The first-order valence-corrected chi connectivity index (χ1v) is 8.35. The minimum atomic E-state index is -1.46. The molecule has 3 nitrogen and oxygen atoms in total. The molecule has 0 unspecified atom stereocenters. The van der Waals surface area contributed by atoms with Crippen LogP contribution in [-0.4, -0.2) is 26.4 Å². The molecular formula is C10H16O3Si. The van der Waals surface area contributed by atoms with Gasteiger partial charge in [-0.05, 0) is 6.08 Å². The average Bonchev–Trinajstić information content (AvgIpc) is 2.45. The van der Waals surface area contributed by atoms with Crippen molar-refractivity contribution in [1.29, 1.82) is 0 Å². The molecule has 0 spiro atoms. The van der Waals surface area contributed by atoms with Crippen LogP contribution in [-0.2, 0) is 14.3 Å². The average molecular weight is 212 g/mol. The van der Waals surface area contributed by atoms with Gasteiger partial charge in [0.25, 0.3) is 0 Å². The quantitative estimate of drug-likeness (QED) is 0.405. The zero-order valence-corrected chi connectivity index (χ0v) is 9.82. The van der Waals surface area contributed by atoms with Gasteiger partial charge in [-0.25, -0.2) is 4.79 Å². The van der Waals surface area contributed by atoms with Gasteiger partial charge in [0, 0.05) is 18.0 Å². The lowest BCUT2D eigenvalue weighted by atomic mass is 10.2. The van der Waals surface area contributed by atoms with Crippen molar-refractivity contribution < 1.29 is 14.3 Å². The monoisotopic (exact) mass is 212 g/mol. The Hall–Kier alpha value is -0.903. The van der Waals surface area contributed by atoms with Crippen molar-refractivity contribution in [2.75, 3.05) is 0 Å². The molecule has 0 radical (unpaired) electrons. The van der Waals surface area contributed by atoms with Gasteiger partial charge < -0.3 is 9.53 Å². The first-order valence-electron chi connectivity index (χ1n) is 4.77. The molecule has 0 saturated carbocycles. The summed E-state index contributed by atoms with van der Waals surface area (Å²) in [4.78, 5) is 21.5. The van der Waals surface area contributed by atoms with E-state index in [1.54, 1.807) is 6.08 Å². The lowest BCUT2D eigenvalue weighted by molar-refractivity contribution is -0.139. The van der Waals surface area contributed by atoms with E-state index in [0.717, 1.165) is 6.29 Å². The summed E-state index contributed by atoms with van der Waals surface area (Å²) >= 11 is 0. The summed E-state index contributed by atoms with van der Waals surface area (Å²) in [6, 6.07) is 0. The number of carbonyl (C=O) groups excluding carboxylic acids is 2. The van der Waals surface area contributed by atoms with E-state index in [0.29, 0.717) is 6.42 Å². The molecule has 0 aliphatic carbocycles. The second kappa shape index (κ2) is 4.08. The van der Waals surface area contributed by atoms with Crippen molar-refractivity contribution in [2.24, 2.45) is 0 Å². The number of hydrogen-bond acceptors (Lipinski definition) is 3. The summed E-state index contributed by atoms with van der Waals surface area (Å²) in [5.41, 5.74) is 0.197. The Bertz CT molecular complexity index is 265. The van der Waals surface area contributed by atoms with Crippen LogP contribution in [0.15, 0.2) is 12.2 Å². The van der Waals surface area contributed by atoms with Crippen molar-refractivity contribution in [3.63, 3.8) is 0 Å². The number of aldehydes is 1. The highest BCUT2D eigenvalue weighted by Gasteiger charge is 2.36. The molecule has 14 heavy (non-hydrogen) atoms. The van der Waals surface area contributed by atoms with Gasteiger partial charge in [0.2, 0.25) is 0 Å². The first kappa shape index (κ1) is 11.2. The summed E-state index contributed by atoms with van der Waals surface area (Å²) in [5.74, 6) is -0.288. The zero-order chi connectivity index (χ0) is 10.8. The van der Waals surface area contributed by atoms with Gasteiger partial charge in [-0.2, -0.15) is 0 Å². The third-order valence-corrected chi connectivity index (χ3v) is 5.32. The number of cyclic esters (lactones) is 1. The molecule has 0 aromatic carbocycles. The van der Waals surface area contributed by atoms with Crippen LogP contribution < -0.4 is 0 Å². The van der Waals surface area contributed by atoms with Crippen molar-refractivity contribution in [2.45, 2.75) is 37.7 Å². The molecule has 2 atom stereocenters. The maximum absolute atomic E-state index is 10.9. The smallest absolute Gasteiger partial charge is 0.331 e. The second-order valence-electron chi connectivity index (χ2n) is 4.64. The van der Waals surface area contributed by atoms with E-state index in [-0.39, 0.29) is 17.6 Å². The summed E-state index contributed by atoms with van der Waals surface area (Å²) in [6.07, 6.45) is 4.44. The molecule has 4 heteroatoms. The van der Waals surface area contributed by atoms with Gasteiger partial charge >= 0.3 is 5.97 Å². The Morgan fingerprint density at radius 3 is 2.57 bits per heavy atom. The van der Waals surface area contributed by atoms with Gasteiger partial charge in [-0.15, -0.1) is 0 Å². The minimum absolute atomic E-state index is 0.181. The van der Waals surface area contributed by atoms with Gasteiger partial charge in [-0.3, -0.25) is 0 Å². The molecule has 0 aromatic rings. The van der Waals surface area contributed by atoms with Crippen LogP contribution >= 0.6 is 0 Å². The number of carbonyl (C=O) groups is 2. The molecule has 0 aromatic heterocycles. The van der Waals surface area contributed by atoms with Crippen LogP contribution in [0.2, 0.25) is 25.2 Å². The lowest BCUT2D eigenvalue weighted by Crippen LogP contribution is -2.36. The van der Waals surface area contributed by atoms with Gasteiger partial charge in [-0.1, -0.05) is 19.6 Å². The predicted molar refractivity (Wildman–Crippen MR) is 56.8 cm³/mol. The summed E-state index contributed by atoms with van der Waals surface area (Å²) in [7, 11) is -1.46. The predicted octanol–water partition coefficient (Wildman–Crippen LogP) is 1.77. The van der Waals surface area contributed by atoms with Crippen molar-refractivity contribution in [1.82, 2.24) is 0 Å². The van der Waals surface area contributed by atoms with Gasteiger partial charge in [0.15, 0.2) is 0 Å². The van der Waals surface area contributed by atoms with E-state index in [9.17, 15) is 9.59 Å². The van der Waals surface area contributed by atoms with Crippen LogP contribution in [0.1, 0.15) is 6.42 Å². The van der Waals surface area contributed by atoms with Gasteiger partial charge in [0.1, 0.15) is 12.4 Å². The Kier molecular flexibility index (Phi) is 3.26. The van der Waals surface area contributed by atoms with Crippen molar-refractivity contribution in [3.05, 3.63) is 12.2 Å². The fourth-order valence-corrected chi connectivity index (χ4v) is 3.65. The fourth-order valence-electron chi connectivity index (χ4n) is 1.69. The number of esters is 1. The van der Waals surface area contributed by atoms with Crippen molar-refractivity contribution in [3.8, 4) is 0 Å². The maximum atomic E-state index is 10.9. The van der Waals surface area contributed by atoms with Crippen LogP contribution in [0.5, 0.6) is 0 Å². The third kappa shape index (κ3) is 2.54. The standard InChI is InChI=1S/C10H16O3Si/c1-14(2,3)9(6-7-11)8-4-5-10(12)13-8/h4-5,7-9H,6H2,1-3H3/t8-,9+/m1/s1. The summed E-state index contributed by atoms with van der Waals surface area (Å²) < 4.78 is 5.13. The normalized spacial score (nSPS) is 23.4. The van der Waals surface area contributed by atoms with E-state index in [4.69, 9.17) is 4.74 Å². The van der Waals surface area contributed by atoms with E-state index in [1.165, 1.54) is 6.08 Å². The van der Waals surface area contributed by atoms with Crippen LogP contribution in [0, 0.1) is 0 Å². The number of ether oxygens (including phenoxy) is 1. The Labute approximate surface area is 85.1 Å². The molecule has 1 aliphatic heterocycles. The molecule has 1 rings (SSSR count). The van der Waals surface area contributed by atoms with Crippen LogP contribution in [0.25, 0.3) is 0 Å². The fraction of sp³-hybridized carbons (Fsp3) is 0.600. The Morgan fingerprint density at radius 1 is 1.57 bits per heavy atom. The molecular weight excluding hydrogens is 196 g/mol. The maximum Gasteiger partial charge on any atom is 0.331 e. The highest BCUT2D eigenvalue weighted by atomic mass is 28.3. The second-order valence-corrected chi connectivity index (χ2v) is 10.1. The summed E-state index contributed by atoms with van der Waals surface area (Å²) in [6.45, 7) is 6.55. The molecule has 1 aliphatic rings. The SMILES string of the molecule is C[Si](C)(C)[C@@H](CC=O)[C@H]1C=CC(=O)O1. The Morgan fingerprint density at radius 2 is 2.21 bits per heavy atom. The van der Waals surface area contributed by atoms with E-state index in [1.807, 2.05) is 0 Å². The minimum Gasteiger partial charge on any atom is -0.455 e. The van der Waals surface area contributed by atoms with E-state index >= 15 is 0 Å². The van der Waals surface area contributed by atoms with Crippen LogP contribution in [0.3, 0.4) is 0 Å². The molecule has 0 amide bonds. The first-order chi connectivity index (χ1) is 6.45. The van der Waals surface area contributed by atoms with E-state index in [2.05, 4.69) is 19.6 Å². The highest BCUT2D eigenvalue weighted by Crippen LogP contribution is 2.32. The van der Waals surface area contributed by atoms with Crippen molar-refractivity contribution >= 4 is 20.3 Å². The molecule has 0 bridgehead atoms. The van der Waals surface area contributed by atoms with Gasteiger partial charge in [0.05, 0.1) is 8.07 Å². The molecule has 0 fully saturated rings. The van der Waals surface area contributed by atoms with E-state index < -0.39 is 8.07 Å². The zero-order valence-electron chi connectivity index (χ0n) is 8.82. The molecule has 0 saturated heterocycles. The highest BCUT2D eigenvalue weighted by molar-refractivity contribution is 6.77. The Balaban J connectivity index is 2.74. The third-order valence-electron chi connectivity index (χ3n) is 2.53. The molecule has 78 valence electrons. The van der Waals surface area contributed by atoms with Crippen LogP contribution in [0.4, 0.5) is 0 Å². The molecule has 1 heterocycles. The topological polar surface area (TPSA) is 43.4 Å². The number of hydrogen-bond donors (Lipinski definition) is 0. The summed E-state index contributed by atoms with van der Waals surface area (Å²) in [5, 5.41) is 0. The number of rotatable bonds is 4.